The van der Waals surface area contributed by atoms with Gasteiger partial charge in [0, 0.05) is 32.4 Å². The van der Waals surface area contributed by atoms with Crippen molar-refractivity contribution in [3.63, 3.8) is 0 Å². The second-order valence-electron chi connectivity index (χ2n) is 5.01. The molecule has 1 aromatic heterocycles. The van der Waals surface area contributed by atoms with Crippen LogP contribution in [0.3, 0.4) is 0 Å². The Balaban J connectivity index is 2.00. The van der Waals surface area contributed by atoms with Crippen LogP contribution in [0.5, 0.6) is 0 Å². The van der Waals surface area contributed by atoms with Gasteiger partial charge < -0.3 is 10.6 Å². The summed E-state index contributed by atoms with van der Waals surface area (Å²) in [6.07, 6.45) is 4.51. The smallest absolute Gasteiger partial charge is 0.234 e. The second-order valence-corrected chi connectivity index (χ2v) is 5.01. The molecule has 1 aromatic rings. The first kappa shape index (κ1) is 13.8. The predicted molar refractivity (Wildman–Crippen MR) is 76.0 cm³/mol. The number of anilines is 1. The molecular formula is C14H22N4O. The number of aryl methyl sites for hydroxylation is 1. The normalized spacial score (nSPS) is 18.3. The molecule has 1 fully saturated rings. The van der Waals surface area contributed by atoms with Crippen molar-refractivity contribution in [1.82, 2.24) is 9.88 Å². The first-order valence-electron chi connectivity index (χ1n) is 6.82. The molecule has 0 aliphatic carbocycles. The Bertz CT molecular complexity index is 441. The minimum absolute atomic E-state index is 0.128. The highest BCUT2D eigenvalue weighted by molar-refractivity contribution is 5.79. The van der Waals surface area contributed by atoms with E-state index >= 15 is 0 Å². The molecule has 5 nitrogen and oxygen atoms in total. The van der Waals surface area contributed by atoms with Crippen molar-refractivity contribution in [3.8, 4) is 0 Å². The third-order valence-corrected chi connectivity index (χ3v) is 3.82. The lowest BCUT2D eigenvalue weighted by Crippen LogP contribution is -2.54. The Labute approximate surface area is 114 Å². The lowest BCUT2D eigenvalue weighted by atomic mass is 10.1. The van der Waals surface area contributed by atoms with Gasteiger partial charge in [-0.3, -0.25) is 14.7 Å². The van der Waals surface area contributed by atoms with E-state index in [2.05, 4.69) is 21.7 Å². The third kappa shape index (κ3) is 3.04. The van der Waals surface area contributed by atoms with Crippen molar-refractivity contribution in [3.05, 3.63) is 24.0 Å². The summed E-state index contributed by atoms with van der Waals surface area (Å²) >= 11 is 0. The molecule has 5 heteroatoms. The van der Waals surface area contributed by atoms with Crippen molar-refractivity contribution in [2.24, 2.45) is 5.73 Å². The van der Waals surface area contributed by atoms with Gasteiger partial charge in [0.1, 0.15) is 0 Å². The number of nitrogens with zero attached hydrogens (tertiary/aromatic N) is 3. The zero-order valence-corrected chi connectivity index (χ0v) is 11.7. The average molecular weight is 262 g/mol. The van der Waals surface area contributed by atoms with E-state index in [1.807, 2.05) is 25.4 Å². The lowest BCUT2D eigenvalue weighted by Gasteiger charge is -2.39. The molecule has 0 saturated carbocycles. The number of amides is 1. The van der Waals surface area contributed by atoms with Crippen LogP contribution in [0, 0.1) is 6.92 Å². The number of primary amides is 1. The van der Waals surface area contributed by atoms with E-state index in [1.165, 1.54) is 11.3 Å². The standard InChI is InChI=1S/C14H22N4O/c1-3-12(14(15)19)17-6-8-18(9-7-17)13-10-16-5-4-11(13)2/h4-5,10,12H,3,6-9H2,1-2H3,(H2,15,19). The van der Waals surface area contributed by atoms with Crippen LogP contribution in [0.2, 0.25) is 0 Å². The molecule has 0 bridgehead atoms. The number of piperazine rings is 1. The molecule has 0 radical (unpaired) electrons. The molecule has 104 valence electrons. The maximum absolute atomic E-state index is 11.4. The summed E-state index contributed by atoms with van der Waals surface area (Å²) in [4.78, 5) is 20.1. The summed E-state index contributed by atoms with van der Waals surface area (Å²) in [5.41, 5.74) is 7.87. The topological polar surface area (TPSA) is 62.5 Å². The lowest BCUT2D eigenvalue weighted by molar-refractivity contribution is -0.123. The highest BCUT2D eigenvalue weighted by Gasteiger charge is 2.26. The predicted octanol–water partition coefficient (Wildman–Crippen LogP) is 0.776. The number of rotatable bonds is 4. The number of hydrogen-bond acceptors (Lipinski definition) is 4. The van der Waals surface area contributed by atoms with E-state index in [0.717, 1.165) is 32.6 Å². The molecule has 1 amide bonds. The van der Waals surface area contributed by atoms with Gasteiger partial charge in [0.05, 0.1) is 17.9 Å². The average Bonchev–Trinajstić information content (AvgIpc) is 2.41. The fourth-order valence-electron chi connectivity index (χ4n) is 2.70. The Hall–Kier alpha value is -1.62. The first-order valence-corrected chi connectivity index (χ1v) is 6.82. The summed E-state index contributed by atoms with van der Waals surface area (Å²) in [5.74, 6) is -0.214. The number of pyridine rings is 1. The quantitative estimate of drug-likeness (QED) is 0.871. The van der Waals surface area contributed by atoms with Gasteiger partial charge in [0.15, 0.2) is 0 Å². The number of nitrogens with two attached hydrogens (primary N) is 1. The molecule has 0 spiro atoms. The number of aromatic nitrogens is 1. The third-order valence-electron chi connectivity index (χ3n) is 3.82. The first-order chi connectivity index (χ1) is 9.13. The SMILES string of the molecule is CCC(C(N)=O)N1CCN(c2cnccc2C)CC1. The molecule has 2 N–H and O–H groups in total. The maximum atomic E-state index is 11.4. The highest BCUT2D eigenvalue weighted by Crippen LogP contribution is 2.20. The Kier molecular flexibility index (Phi) is 4.37. The van der Waals surface area contributed by atoms with Crippen LogP contribution in [0.4, 0.5) is 5.69 Å². The van der Waals surface area contributed by atoms with Crippen LogP contribution in [0.25, 0.3) is 0 Å². The van der Waals surface area contributed by atoms with Gasteiger partial charge in [-0.25, -0.2) is 0 Å². The molecule has 1 aliphatic rings. The fraction of sp³-hybridized carbons (Fsp3) is 0.571. The molecule has 1 unspecified atom stereocenters. The van der Waals surface area contributed by atoms with Crippen LogP contribution < -0.4 is 10.6 Å². The monoisotopic (exact) mass is 262 g/mol. The Morgan fingerprint density at radius 2 is 2.11 bits per heavy atom. The van der Waals surface area contributed by atoms with E-state index in [0.29, 0.717) is 0 Å². The summed E-state index contributed by atoms with van der Waals surface area (Å²) in [6, 6.07) is 1.90. The minimum atomic E-state index is -0.214. The zero-order valence-electron chi connectivity index (χ0n) is 11.7. The largest absolute Gasteiger partial charge is 0.368 e. The van der Waals surface area contributed by atoms with Crippen LogP contribution in [-0.4, -0.2) is 48.0 Å². The van der Waals surface area contributed by atoms with Crippen LogP contribution in [0.1, 0.15) is 18.9 Å². The summed E-state index contributed by atoms with van der Waals surface area (Å²) < 4.78 is 0. The van der Waals surface area contributed by atoms with Gasteiger partial charge in [-0.1, -0.05) is 6.92 Å². The maximum Gasteiger partial charge on any atom is 0.234 e. The molecular weight excluding hydrogens is 240 g/mol. The zero-order chi connectivity index (χ0) is 13.8. The Morgan fingerprint density at radius 3 is 2.63 bits per heavy atom. The number of carbonyl (C=O) groups excluding carboxylic acids is 1. The highest BCUT2D eigenvalue weighted by atomic mass is 16.1. The van der Waals surface area contributed by atoms with Crippen molar-refractivity contribution in [2.75, 3.05) is 31.1 Å². The van der Waals surface area contributed by atoms with Crippen LogP contribution >= 0.6 is 0 Å². The van der Waals surface area contributed by atoms with Gasteiger partial charge in [-0.05, 0) is 25.0 Å². The van der Waals surface area contributed by atoms with Crippen molar-refractivity contribution >= 4 is 11.6 Å². The van der Waals surface area contributed by atoms with Crippen molar-refractivity contribution < 1.29 is 4.79 Å². The van der Waals surface area contributed by atoms with Crippen LogP contribution in [0.15, 0.2) is 18.5 Å². The van der Waals surface area contributed by atoms with E-state index in [9.17, 15) is 4.79 Å². The van der Waals surface area contributed by atoms with E-state index < -0.39 is 0 Å². The molecule has 1 saturated heterocycles. The minimum Gasteiger partial charge on any atom is -0.368 e. The molecule has 1 atom stereocenters. The van der Waals surface area contributed by atoms with Crippen LogP contribution in [-0.2, 0) is 4.79 Å². The summed E-state index contributed by atoms with van der Waals surface area (Å²) in [6.45, 7) is 7.67. The number of carbonyl (C=O) groups is 1. The van der Waals surface area contributed by atoms with Gasteiger partial charge >= 0.3 is 0 Å². The van der Waals surface area contributed by atoms with E-state index in [1.54, 1.807) is 0 Å². The molecule has 2 rings (SSSR count). The van der Waals surface area contributed by atoms with Crippen molar-refractivity contribution in [2.45, 2.75) is 26.3 Å². The van der Waals surface area contributed by atoms with Gasteiger partial charge in [-0.2, -0.15) is 0 Å². The van der Waals surface area contributed by atoms with Gasteiger partial charge in [0.2, 0.25) is 5.91 Å². The Morgan fingerprint density at radius 1 is 1.42 bits per heavy atom. The van der Waals surface area contributed by atoms with Crippen molar-refractivity contribution in [1.29, 1.82) is 0 Å². The second kappa shape index (κ2) is 6.02. The number of hydrogen-bond donors (Lipinski definition) is 1. The van der Waals surface area contributed by atoms with Gasteiger partial charge in [-0.15, -0.1) is 0 Å². The molecule has 19 heavy (non-hydrogen) atoms. The van der Waals surface area contributed by atoms with E-state index in [4.69, 9.17) is 5.73 Å². The summed E-state index contributed by atoms with van der Waals surface area (Å²) in [5, 5.41) is 0. The fourth-order valence-corrected chi connectivity index (χ4v) is 2.70. The summed E-state index contributed by atoms with van der Waals surface area (Å²) in [7, 11) is 0. The molecule has 1 aliphatic heterocycles. The molecule has 0 aromatic carbocycles. The van der Waals surface area contributed by atoms with E-state index in [-0.39, 0.29) is 11.9 Å². The van der Waals surface area contributed by atoms with Gasteiger partial charge in [0.25, 0.3) is 0 Å². The molecule has 2 heterocycles.